The van der Waals surface area contributed by atoms with Gasteiger partial charge in [-0.3, -0.25) is 0 Å². The van der Waals surface area contributed by atoms with Gasteiger partial charge < -0.3 is 5.11 Å². The molecule has 0 heterocycles. The highest BCUT2D eigenvalue weighted by Gasteiger charge is 2.62. The Morgan fingerprint density at radius 1 is 1.45 bits per heavy atom. The van der Waals surface area contributed by atoms with E-state index in [2.05, 4.69) is 0 Å². The Labute approximate surface area is 66.5 Å². The monoisotopic (exact) mass is 179 g/mol. The van der Waals surface area contributed by atoms with Crippen LogP contribution in [0, 0.1) is 0 Å². The first kappa shape index (κ1) is 8.96. The molecule has 4 nitrogen and oxygen atoms in total. The van der Waals surface area contributed by atoms with Crippen LogP contribution in [0.15, 0.2) is 0 Å². The molecule has 0 aromatic heterocycles. The summed E-state index contributed by atoms with van der Waals surface area (Å²) in [7, 11) is -3.60. The summed E-state index contributed by atoms with van der Waals surface area (Å²) >= 11 is 0. The average Bonchev–Trinajstić information content (AvgIpc) is 2.31. The van der Waals surface area contributed by atoms with E-state index < -0.39 is 20.4 Å². The van der Waals surface area contributed by atoms with E-state index >= 15 is 0 Å². The lowest BCUT2D eigenvalue weighted by atomic mass is 10.0. The third-order valence-electron chi connectivity index (χ3n) is 2.36. The molecule has 1 aliphatic rings. The lowest BCUT2D eigenvalue weighted by Gasteiger charge is -2.26. The third-order valence-corrected chi connectivity index (χ3v) is 4.36. The fourth-order valence-corrected chi connectivity index (χ4v) is 2.73. The molecule has 0 atom stereocenters. The molecule has 0 spiro atoms. The minimum atomic E-state index is -3.60. The largest absolute Gasteiger partial charge is 0.389 e. The van der Waals surface area contributed by atoms with E-state index in [-0.39, 0.29) is 0 Å². The van der Waals surface area contributed by atoms with Gasteiger partial charge in [0.05, 0.1) is 5.60 Å². The summed E-state index contributed by atoms with van der Waals surface area (Å²) in [5, 5.41) is 14.5. The molecule has 0 saturated heterocycles. The summed E-state index contributed by atoms with van der Waals surface area (Å²) in [4.78, 5) is 0. The van der Waals surface area contributed by atoms with E-state index in [0.717, 1.165) is 0 Å². The number of sulfonamides is 1. The maximum absolute atomic E-state index is 11.0. The van der Waals surface area contributed by atoms with Crippen molar-refractivity contribution in [3.63, 3.8) is 0 Å². The summed E-state index contributed by atoms with van der Waals surface area (Å²) in [6, 6.07) is 0. The first-order valence-corrected chi connectivity index (χ1v) is 5.00. The summed E-state index contributed by atoms with van der Waals surface area (Å²) in [5.41, 5.74) is -1.22. The molecular weight excluding hydrogens is 166 g/mol. The second-order valence-electron chi connectivity index (χ2n) is 3.60. The average molecular weight is 179 g/mol. The number of nitrogens with two attached hydrogens (primary N) is 1. The van der Waals surface area contributed by atoms with E-state index in [1.165, 1.54) is 13.8 Å². The number of hydrogen-bond donors (Lipinski definition) is 2. The zero-order valence-corrected chi connectivity index (χ0v) is 7.48. The Balaban J connectivity index is 3.05. The van der Waals surface area contributed by atoms with E-state index in [0.29, 0.717) is 12.8 Å². The van der Waals surface area contributed by atoms with Crippen molar-refractivity contribution in [3.8, 4) is 0 Å². The second kappa shape index (κ2) is 1.97. The quantitative estimate of drug-likeness (QED) is 0.604. The van der Waals surface area contributed by atoms with Crippen molar-refractivity contribution >= 4 is 10.0 Å². The van der Waals surface area contributed by atoms with Gasteiger partial charge in [-0.1, -0.05) is 0 Å². The standard InChI is InChI=1S/C6H13NO3S/c1-5(2,8)6(3-4-6)11(7,9)10/h8H,3-4H2,1-2H3,(H2,7,9,10). The van der Waals surface area contributed by atoms with Crippen LogP contribution in [0.2, 0.25) is 0 Å². The van der Waals surface area contributed by atoms with Gasteiger partial charge in [-0.25, -0.2) is 13.6 Å². The molecular formula is C6H13NO3S. The van der Waals surface area contributed by atoms with Crippen LogP contribution in [0.25, 0.3) is 0 Å². The van der Waals surface area contributed by atoms with Gasteiger partial charge in [0.2, 0.25) is 10.0 Å². The normalized spacial score (nSPS) is 23.3. The molecule has 5 heteroatoms. The van der Waals surface area contributed by atoms with Crippen molar-refractivity contribution < 1.29 is 13.5 Å². The van der Waals surface area contributed by atoms with E-state index in [9.17, 15) is 13.5 Å². The van der Waals surface area contributed by atoms with Crippen molar-refractivity contribution in [3.05, 3.63) is 0 Å². The lowest BCUT2D eigenvalue weighted by molar-refractivity contribution is 0.0668. The fourth-order valence-electron chi connectivity index (χ4n) is 1.36. The van der Waals surface area contributed by atoms with E-state index in [1.807, 2.05) is 0 Å². The van der Waals surface area contributed by atoms with Crippen molar-refractivity contribution in [2.45, 2.75) is 37.0 Å². The predicted molar refractivity (Wildman–Crippen MR) is 41.4 cm³/mol. The molecule has 0 aliphatic heterocycles. The van der Waals surface area contributed by atoms with E-state index in [1.54, 1.807) is 0 Å². The predicted octanol–water partition coefficient (Wildman–Crippen LogP) is -0.422. The Bertz CT molecular complexity index is 258. The molecule has 0 aromatic carbocycles. The minimum absolute atomic E-state index is 0.468. The molecule has 0 unspecified atom stereocenters. The van der Waals surface area contributed by atoms with Gasteiger partial charge in [-0.05, 0) is 26.7 Å². The van der Waals surface area contributed by atoms with Gasteiger partial charge in [-0.2, -0.15) is 0 Å². The molecule has 66 valence electrons. The van der Waals surface area contributed by atoms with Gasteiger partial charge >= 0.3 is 0 Å². The van der Waals surface area contributed by atoms with Crippen LogP contribution >= 0.6 is 0 Å². The van der Waals surface area contributed by atoms with Gasteiger partial charge in [0, 0.05) is 0 Å². The smallest absolute Gasteiger partial charge is 0.217 e. The number of hydrogen-bond acceptors (Lipinski definition) is 3. The highest BCUT2D eigenvalue weighted by Crippen LogP contribution is 2.50. The van der Waals surface area contributed by atoms with Gasteiger partial charge in [0.25, 0.3) is 0 Å². The molecule has 0 radical (unpaired) electrons. The molecule has 0 amide bonds. The first-order chi connectivity index (χ1) is 4.71. The highest BCUT2D eigenvalue weighted by atomic mass is 32.2. The Morgan fingerprint density at radius 2 is 1.82 bits per heavy atom. The Hall–Kier alpha value is -0.130. The van der Waals surface area contributed by atoms with Gasteiger partial charge in [0.15, 0.2) is 0 Å². The second-order valence-corrected chi connectivity index (χ2v) is 5.47. The maximum Gasteiger partial charge on any atom is 0.217 e. The molecule has 11 heavy (non-hydrogen) atoms. The highest BCUT2D eigenvalue weighted by molar-refractivity contribution is 7.91. The molecule has 1 saturated carbocycles. The zero-order chi connectivity index (χ0) is 8.91. The lowest BCUT2D eigenvalue weighted by Crippen LogP contribution is -2.47. The van der Waals surface area contributed by atoms with Crippen LogP contribution in [0.5, 0.6) is 0 Å². The Kier molecular flexibility index (Phi) is 1.60. The van der Waals surface area contributed by atoms with Crippen molar-refractivity contribution in [1.29, 1.82) is 0 Å². The summed E-state index contributed by atoms with van der Waals surface area (Å²) in [6.07, 6.45) is 0.935. The van der Waals surface area contributed by atoms with Crippen molar-refractivity contribution in [2.75, 3.05) is 0 Å². The molecule has 1 rings (SSSR count). The number of primary sulfonamides is 1. The topological polar surface area (TPSA) is 80.4 Å². The maximum atomic E-state index is 11.0. The molecule has 1 fully saturated rings. The summed E-state index contributed by atoms with van der Waals surface area (Å²) in [6.45, 7) is 2.95. The van der Waals surface area contributed by atoms with Crippen LogP contribution in [0.1, 0.15) is 26.7 Å². The van der Waals surface area contributed by atoms with Gasteiger partial charge in [-0.15, -0.1) is 0 Å². The molecule has 0 aromatic rings. The van der Waals surface area contributed by atoms with Crippen LogP contribution in [0.4, 0.5) is 0 Å². The third kappa shape index (κ3) is 1.17. The van der Waals surface area contributed by atoms with Crippen LogP contribution in [-0.2, 0) is 10.0 Å². The first-order valence-electron chi connectivity index (χ1n) is 3.45. The number of rotatable bonds is 2. The minimum Gasteiger partial charge on any atom is -0.389 e. The van der Waals surface area contributed by atoms with Crippen molar-refractivity contribution in [1.82, 2.24) is 0 Å². The van der Waals surface area contributed by atoms with Crippen molar-refractivity contribution in [2.24, 2.45) is 5.14 Å². The van der Waals surface area contributed by atoms with Crippen LogP contribution in [-0.4, -0.2) is 23.9 Å². The zero-order valence-electron chi connectivity index (χ0n) is 6.66. The molecule has 3 N–H and O–H groups in total. The Morgan fingerprint density at radius 3 is 1.82 bits per heavy atom. The summed E-state index contributed by atoms with van der Waals surface area (Å²) < 4.78 is 20.9. The van der Waals surface area contributed by atoms with Crippen LogP contribution < -0.4 is 5.14 Å². The molecule has 1 aliphatic carbocycles. The van der Waals surface area contributed by atoms with Gasteiger partial charge in [0.1, 0.15) is 4.75 Å². The number of aliphatic hydroxyl groups is 1. The van der Waals surface area contributed by atoms with Crippen LogP contribution in [0.3, 0.4) is 0 Å². The molecule has 0 bridgehead atoms. The SMILES string of the molecule is CC(C)(O)C1(S(N)(=O)=O)CC1. The van der Waals surface area contributed by atoms with E-state index in [4.69, 9.17) is 5.14 Å². The fraction of sp³-hybridized carbons (Fsp3) is 1.00. The summed E-state index contributed by atoms with van der Waals surface area (Å²) in [5.74, 6) is 0.